The van der Waals surface area contributed by atoms with Gasteiger partial charge in [-0.3, -0.25) is 4.99 Å². The number of halogens is 1. The predicted octanol–water partition coefficient (Wildman–Crippen LogP) is 2.14. The Bertz CT molecular complexity index is 284. The third-order valence-electron chi connectivity index (χ3n) is 3.79. The summed E-state index contributed by atoms with van der Waals surface area (Å²) in [6.45, 7) is 7.12. The minimum absolute atomic E-state index is 0. The van der Waals surface area contributed by atoms with E-state index in [2.05, 4.69) is 10.3 Å². The van der Waals surface area contributed by atoms with Crippen molar-refractivity contribution in [3.63, 3.8) is 0 Å². The van der Waals surface area contributed by atoms with Crippen LogP contribution in [0.5, 0.6) is 0 Å². The number of methoxy groups -OCH3 is 1. The number of nitrogens with one attached hydrogen (secondary N) is 1. The van der Waals surface area contributed by atoms with E-state index in [-0.39, 0.29) is 30.0 Å². The average molecular weight is 399 g/mol. The Kier molecular flexibility index (Phi) is 10.6. The molecule has 3 N–H and O–H groups in total. The third kappa shape index (κ3) is 7.08. The second-order valence-electron chi connectivity index (χ2n) is 5.50. The lowest BCUT2D eigenvalue weighted by Gasteiger charge is -2.40. The SMILES string of the molecule is CCOCCC1(CN=C(N)NC(C)COC)CCC1.I. The lowest BCUT2D eigenvalue weighted by Crippen LogP contribution is -2.42. The highest BCUT2D eigenvalue weighted by Gasteiger charge is 2.36. The zero-order valence-electron chi connectivity index (χ0n) is 13.0. The lowest BCUT2D eigenvalue weighted by molar-refractivity contribution is 0.0609. The van der Waals surface area contributed by atoms with Crippen molar-refractivity contribution in [2.75, 3.05) is 33.5 Å². The van der Waals surface area contributed by atoms with Gasteiger partial charge < -0.3 is 20.5 Å². The van der Waals surface area contributed by atoms with E-state index < -0.39 is 0 Å². The molecule has 1 rings (SSSR count). The van der Waals surface area contributed by atoms with Gasteiger partial charge in [0.15, 0.2) is 5.96 Å². The van der Waals surface area contributed by atoms with Gasteiger partial charge in [0.1, 0.15) is 0 Å². The molecule has 0 amide bonds. The molecule has 0 aliphatic heterocycles. The third-order valence-corrected chi connectivity index (χ3v) is 3.79. The Morgan fingerprint density at radius 2 is 2.15 bits per heavy atom. The number of ether oxygens (including phenoxy) is 2. The number of rotatable bonds is 9. The second-order valence-corrected chi connectivity index (χ2v) is 5.50. The molecule has 120 valence electrons. The van der Waals surface area contributed by atoms with Crippen LogP contribution in [-0.2, 0) is 9.47 Å². The van der Waals surface area contributed by atoms with Crippen LogP contribution in [0.4, 0.5) is 0 Å². The summed E-state index contributed by atoms with van der Waals surface area (Å²) >= 11 is 0. The fourth-order valence-electron chi connectivity index (χ4n) is 2.44. The van der Waals surface area contributed by atoms with Gasteiger partial charge in [-0.2, -0.15) is 0 Å². The summed E-state index contributed by atoms with van der Waals surface area (Å²) in [4.78, 5) is 4.49. The molecular weight excluding hydrogens is 369 g/mol. The fraction of sp³-hybridized carbons (Fsp3) is 0.929. The van der Waals surface area contributed by atoms with Gasteiger partial charge in [0.2, 0.25) is 0 Å². The van der Waals surface area contributed by atoms with Crippen molar-refractivity contribution in [1.82, 2.24) is 5.32 Å². The van der Waals surface area contributed by atoms with E-state index in [1.807, 2.05) is 13.8 Å². The molecule has 0 spiro atoms. The Hall–Kier alpha value is -0.0800. The average Bonchev–Trinajstić information content (AvgIpc) is 2.31. The Labute approximate surface area is 140 Å². The van der Waals surface area contributed by atoms with Crippen LogP contribution in [-0.4, -0.2) is 45.5 Å². The van der Waals surface area contributed by atoms with E-state index >= 15 is 0 Å². The molecular formula is C14H30IN3O2. The topological polar surface area (TPSA) is 68.9 Å². The number of hydrogen-bond acceptors (Lipinski definition) is 3. The molecule has 20 heavy (non-hydrogen) atoms. The molecule has 1 unspecified atom stereocenters. The molecule has 0 saturated heterocycles. The summed E-state index contributed by atoms with van der Waals surface area (Å²) in [5.74, 6) is 0.521. The van der Waals surface area contributed by atoms with E-state index in [1.165, 1.54) is 19.3 Å². The van der Waals surface area contributed by atoms with Gasteiger partial charge in [-0.05, 0) is 38.5 Å². The highest BCUT2D eigenvalue weighted by molar-refractivity contribution is 14.0. The maximum absolute atomic E-state index is 5.90. The molecule has 1 saturated carbocycles. The van der Waals surface area contributed by atoms with Gasteiger partial charge in [0, 0.05) is 32.9 Å². The van der Waals surface area contributed by atoms with Crippen LogP contribution < -0.4 is 11.1 Å². The quantitative estimate of drug-likeness (QED) is 0.270. The summed E-state index contributed by atoms with van der Waals surface area (Å²) in [6.07, 6.45) is 4.87. The van der Waals surface area contributed by atoms with Crippen LogP contribution in [0, 0.1) is 5.41 Å². The van der Waals surface area contributed by atoms with Crippen LogP contribution in [0.25, 0.3) is 0 Å². The summed E-state index contributed by atoms with van der Waals surface area (Å²) in [5, 5.41) is 3.14. The largest absolute Gasteiger partial charge is 0.383 e. The maximum atomic E-state index is 5.90. The molecule has 0 radical (unpaired) electrons. The molecule has 1 fully saturated rings. The minimum atomic E-state index is 0. The first-order chi connectivity index (χ1) is 9.12. The van der Waals surface area contributed by atoms with E-state index in [0.717, 1.165) is 26.2 Å². The summed E-state index contributed by atoms with van der Waals surface area (Å²) in [6, 6.07) is 0.189. The standard InChI is InChI=1S/C14H29N3O2.HI/c1-4-19-9-8-14(6-5-7-14)11-16-13(15)17-12(2)10-18-3;/h12H,4-11H2,1-3H3,(H3,15,16,17);1H. The summed E-state index contributed by atoms with van der Waals surface area (Å²) in [7, 11) is 1.68. The predicted molar refractivity (Wildman–Crippen MR) is 93.8 cm³/mol. The van der Waals surface area contributed by atoms with Gasteiger partial charge in [-0.1, -0.05) is 6.42 Å². The van der Waals surface area contributed by atoms with Crippen molar-refractivity contribution in [2.45, 2.75) is 45.6 Å². The zero-order chi connectivity index (χ0) is 14.1. The van der Waals surface area contributed by atoms with Crippen molar-refractivity contribution in [2.24, 2.45) is 16.1 Å². The van der Waals surface area contributed by atoms with E-state index in [1.54, 1.807) is 7.11 Å². The van der Waals surface area contributed by atoms with Crippen molar-refractivity contribution >= 4 is 29.9 Å². The fourth-order valence-corrected chi connectivity index (χ4v) is 2.44. The molecule has 1 aliphatic carbocycles. The maximum Gasteiger partial charge on any atom is 0.188 e. The van der Waals surface area contributed by atoms with Crippen molar-refractivity contribution in [1.29, 1.82) is 0 Å². The zero-order valence-corrected chi connectivity index (χ0v) is 15.3. The molecule has 0 aromatic heterocycles. The molecule has 0 aromatic rings. The molecule has 1 atom stereocenters. The number of nitrogens with zero attached hydrogens (tertiary/aromatic N) is 1. The van der Waals surface area contributed by atoms with Crippen molar-refractivity contribution < 1.29 is 9.47 Å². The number of nitrogens with two attached hydrogens (primary N) is 1. The first kappa shape index (κ1) is 19.9. The van der Waals surface area contributed by atoms with Crippen LogP contribution in [0.15, 0.2) is 4.99 Å². The highest BCUT2D eigenvalue weighted by Crippen LogP contribution is 2.44. The van der Waals surface area contributed by atoms with Gasteiger partial charge in [0.05, 0.1) is 6.61 Å². The first-order valence-electron chi connectivity index (χ1n) is 7.25. The van der Waals surface area contributed by atoms with Crippen LogP contribution in [0.3, 0.4) is 0 Å². The number of guanidine groups is 1. The van der Waals surface area contributed by atoms with E-state index in [9.17, 15) is 0 Å². The molecule has 0 heterocycles. The van der Waals surface area contributed by atoms with Crippen molar-refractivity contribution in [3.05, 3.63) is 0 Å². The molecule has 0 aromatic carbocycles. The summed E-state index contributed by atoms with van der Waals surface area (Å²) in [5.41, 5.74) is 6.22. The van der Waals surface area contributed by atoms with Crippen LogP contribution in [0.1, 0.15) is 39.5 Å². The van der Waals surface area contributed by atoms with Gasteiger partial charge >= 0.3 is 0 Å². The number of hydrogen-bond donors (Lipinski definition) is 2. The van der Waals surface area contributed by atoms with Crippen molar-refractivity contribution in [3.8, 4) is 0 Å². The van der Waals surface area contributed by atoms with Crippen LogP contribution in [0.2, 0.25) is 0 Å². The van der Waals surface area contributed by atoms with Gasteiger partial charge in [-0.15, -0.1) is 24.0 Å². The smallest absolute Gasteiger partial charge is 0.188 e. The van der Waals surface area contributed by atoms with Crippen LogP contribution >= 0.6 is 24.0 Å². The Balaban J connectivity index is 0.00000361. The highest BCUT2D eigenvalue weighted by atomic mass is 127. The molecule has 1 aliphatic rings. The monoisotopic (exact) mass is 399 g/mol. The summed E-state index contributed by atoms with van der Waals surface area (Å²) < 4.78 is 10.5. The normalized spacial score (nSPS) is 18.9. The lowest BCUT2D eigenvalue weighted by atomic mass is 9.67. The minimum Gasteiger partial charge on any atom is -0.383 e. The van der Waals surface area contributed by atoms with E-state index in [0.29, 0.717) is 18.0 Å². The molecule has 5 nitrogen and oxygen atoms in total. The van der Waals surface area contributed by atoms with E-state index in [4.69, 9.17) is 15.2 Å². The molecule has 6 heteroatoms. The Morgan fingerprint density at radius 1 is 1.45 bits per heavy atom. The molecule has 0 bridgehead atoms. The first-order valence-corrected chi connectivity index (χ1v) is 7.25. The number of aliphatic imine (C=N–C) groups is 1. The second kappa shape index (κ2) is 10.6. The Morgan fingerprint density at radius 3 is 2.65 bits per heavy atom. The van der Waals surface area contributed by atoms with Gasteiger partial charge in [-0.25, -0.2) is 0 Å². The van der Waals surface area contributed by atoms with Gasteiger partial charge in [0.25, 0.3) is 0 Å².